The van der Waals surface area contributed by atoms with Crippen LogP contribution in [0.2, 0.25) is 0 Å². The number of ether oxygens (including phenoxy) is 3. The maximum atomic E-state index is 12.4. The Morgan fingerprint density at radius 3 is 2.38 bits per heavy atom. The molecule has 0 spiro atoms. The molecule has 4 saturated carbocycles. The molecular weight excluding hydrogens is 556 g/mol. The summed E-state index contributed by atoms with van der Waals surface area (Å²) in [6.07, 6.45) is -6.68. The molecule has 0 radical (unpaired) electrons. The second kappa shape index (κ2) is 10.7. The summed E-state index contributed by atoms with van der Waals surface area (Å²) in [5, 5.41) is 89.6. The van der Waals surface area contributed by atoms with Gasteiger partial charge in [-0.15, -0.1) is 0 Å². The summed E-state index contributed by atoms with van der Waals surface area (Å²) < 4.78 is 16.7. The van der Waals surface area contributed by atoms with Crippen molar-refractivity contribution in [3.8, 4) is 0 Å². The number of aliphatic hydroxyl groups is 8. The highest BCUT2D eigenvalue weighted by Crippen LogP contribution is 2.70. The zero-order valence-electron chi connectivity index (χ0n) is 24.0. The van der Waals surface area contributed by atoms with Gasteiger partial charge in [0.15, 0.2) is 6.29 Å². The number of carbonyl (C=O) groups is 1. The van der Waals surface area contributed by atoms with Gasteiger partial charge in [0, 0.05) is 30.3 Å². The predicted octanol–water partition coefficient (Wildman–Crippen LogP) is -2.34. The molecule has 13 nitrogen and oxygen atoms in total. The molecule has 10 N–H and O–H groups in total. The van der Waals surface area contributed by atoms with Crippen LogP contribution in [0, 0.1) is 28.6 Å². The van der Waals surface area contributed by atoms with Crippen molar-refractivity contribution >= 4 is 5.97 Å². The highest BCUT2D eigenvalue weighted by atomic mass is 16.7. The van der Waals surface area contributed by atoms with Crippen LogP contribution in [0.3, 0.4) is 0 Å². The molecule has 0 amide bonds. The standard InChI is InChI=1S/C29H44O12.H2O/c1-13-22(34)23(35)24(36)25(40-13)41-15-8-19(32)28(12-30)21-17(3-5-27(28,37)9-15)29(38)6-4-16(14-7-20(33)39-11-14)26(29,2)10-18(21)31;/h7,13,15-19,21-25,30-32,34-38H,3-6,8-12H2,1-2H3;1H2/t13-,15-,16+,17+,18+,19+,21+,22-,23+,24+,25-,26+,27-,28+,29-;/m1./s1. The van der Waals surface area contributed by atoms with E-state index in [2.05, 4.69) is 0 Å². The van der Waals surface area contributed by atoms with Crippen LogP contribution < -0.4 is 0 Å². The maximum Gasteiger partial charge on any atom is 0.331 e. The van der Waals surface area contributed by atoms with Gasteiger partial charge in [-0.1, -0.05) is 6.92 Å². The van der Waals surface area contributed by atoms with E-state index in [1.807, 2.05) is 6.92 Å². The van der Waals surface area contributed by atoms with E-state index in [9.17, 15) is 45.6 Å². The van der Waals surface area contributed by atoms with Crippen molar-refractivity contribution in [1.29, 1.82) is 0 Å². The van der Waals surface area contributed by atoms with E-state index >= 15 is 0 Å². The molecular formula is C29H46O13. The van der Waals surface area contributed by atoms with Crippen molar-refractivity contribution in [2.75, 3.05) is 13.2 Å². The quantitative estimate of drug-likeness (QED) is 0.125. The Morgan fingerprint density at radius 1 is 1.02 bits per heavy atom. The Kier molecular flexibility index (Phi) is 8.19. The first-order valence-corrected chi connectivity index (χ1v) is 14.9. The van der Waals surface area contributed by atoms with E-state index in [4.69, 9.17) is 14.2 Å². The summed E-state index contributed by atoms with van der Waals surface area (Å²) in [5.41, 5.74) is -4.46. The average molecular weight is 603 g/mol. The van der Waals surface area contributed by atoms with Gasteiger partial charge in [0.2, 0.25) is 0 Å². The van der Waals surface area contributed by atoms with Gasteiger partial charge in [0.25, 0.3) is 0 Å². The van der Waals surface area contributed by atoms with Gasteiger partial charge in [0.1, 0.15) is 24.9 Å². The number of hydrogen-bond donors (Lipinski definition) is 8. The van der Waals surface area contributed by atoms with E-state index < -0.39 is 95.5 Å². The summed E-state index contributed by atoms with van der Waals surface area (Å²) in [6.45, 7) is 3.00. The number of rotatable bonds is 4. The first-order chi connectivity index (χ1) is 19.2. The third kappa shape index (κ3) is 4.20. The number of hydrogen-bond acceptors (Lipinski definition) is 12. The van der Waals surface area contributed by atoms with Crippen LogP contribution in [0.25, 0.3) is 0 Å². The molecule has 2 heterocycles. The van der Waals surface area contributed by atoms with Crippen LogP contribution >= 0.6 is 0 Å². The monoisotopic (exact) mass is 602 g/mol. The Labute approximate surface area is 244 Å². The summed E-state index contributed by atoms with van der Waals surface area (Å²) in [7, 11) is 0. The van der Waals surface area contributed by atoms with Gasteiger partial charge in [-0.2, -0.15) is 0 Å². The van der Waals surface area contributed by atoms with Crippen molar-refractivity contribution in [1.82, 2.24) is 0 Å². The summed E-state index contributed by atoms with van der Waals surface area (Å²) in [4.78, 5) is 11.8. The normalized spacial score (nSPS) is 55.5. The zero-order chi connectivity index (χ0) is 29.7. The molecule has 5 fully saturated rings. The first-order valence-electron chi connectivity index (χ1n) is 14.9. The molecule has 0 aromatic heterocycles. The third-order valence-electron chi connectivity index (χ3n) is 12.2. The highest BCUT2D eigenvalue weighted by Gasteiger charge is 2.75. The van der Waals surface area contributed by atoms with Crippen LogP contribution in [0.4, 0.5) is 0 Å². The molecule has 13 heteroatoms. The number of cyclic esters (lactones) is 1. The largest absolute Gasteiger partial charge is 0.458 e. The fourth-order valence-electron chi connectivity index (χ4n) is 10.1. The van der Waals surface area contributed by atoms with Crippen LogP contribution in [0.5, 0.6) is 0 Å². The Hall–Kier alpha value is -1.23. The van der Waals surface area contributed by atoms with Crippen molar-refractivity contribution < 1.29 is 65.3 Å². The molecule has 42 heavy (non-hydrogen) atoms. The van der Waals surface area contributed by atoms with Gasteiger partial charge in [-0.3, -0.25) is 0 Å². The van der Waals surface area contributed by atoms with Crippen molar-refractivity contribution in [2.45, 2.75) is 119 Å². The van der Waals surface area contributed by atoms with E-state index in [-0.39, 0.29) is 43.7 Å². The Balaban J connectivity index is 0.00000353. The maximum absolute atomic E-state index is 12.4. The molecule has 0 aromatic carbocycles. The topological polar surface area (TPSA) is 238 Å². The lowest BCUT2D eigenvalue weighted by atomic mass is 9.40. The van der Waals surface area contributed by atoms with Crippen molar-refractivity contribution in [3.05, 3.63) is 11.6 Å². The number of carbonyl (C=O) groups excluding carboxylic acids is 1. The smallest absolute Gasteiger partial charge is 0.331 e. The summed E-state index contributed by atoms with van der Waals surface area (Å²) in [6, 6.07) is 0. The number of aliphatic hydroxyl groups excluding tert-OH is 6. The second-order valence-corrected chi connectivity index (χ2v) is 13.8. The van der Waals surface area contributed by atoms with E-state index in [1.165, 1.54) is 13.0 Å². The van der Waals surface area contributed by atoms with E-state index in [0.29, 0.717) is 19.3 Å². The SMILES string of the molecule is C[C@H]1O[C@H](O[C@@H]2C[C@H](O)[C@@]3(CO)[C@@H]4[C@@H](O)C[C@@]5(C)[C@H](C6=CC(=O)OC6)CC[C@@]5(O)[C@H]4CC[C@@]3(O)C2)[C@@H](O)[C@@H](O)[C@@H]1O.O. The van der Waals surface area contributed by atoms with Crippen LogP contribution in [0.1, 0.15) is 58.8 Å². The molecule has 6 aliphatic rings. The molecule has 1 saturated heterocycles. The van der Waals surface area contributed by atoms with Gasteiger partial charge in [-0.05, 0) is 56.4 Å². The molecule has 0 unspecified atom stereocenters. The van der Waals surface area contributed by atoms with Gasteiger partial charge >= 0.3 is 5.97 Å². The Bertz CT molecular complexity index is 1090. The predicted molar refractivity (Wildman–Crippen MR) is 142 cm³/mol. The van der Waals surface area contributed by atoms with Crippen LogP contribution in [-0.4, -0.2) is 126 Å². The molecule has 240 valence electrons. The third-order valence-corrected chi connectivity index (χ3v) is 12.2. The lowest BCUT2D eigenvalue weighted by Gasteiger charge is -2.68. The lowest BCUT2D eigenvalue weighted by Crippen LogP contribution is -2.76. The molecule has 0 aromatic rings. The van der Waals surface area contributed by atoms with Gasteiger partial charge < -0.3 is 60.5 Å². The first kappa shape index (κ1) is 32.2. The average Bonchev–Trinajstić information content (AvgIpc) is 3.45. The molecule has 0 bridgehead atoms. The molecule has 6 rings (SSSR count). The van der Waals surface area contributed by atoms with E-state index in [1.54, 1.807) is 0 Å². The highest BCUT2D eigenvalue weighted by molar-refractivity contribution is 5.85. The molecule has 2 aliphatic heterocycles. The van der Waals surface area contributed by atoms with Gasteiger partial charge in [-0.25, -0.2) is 4.79 Å². The van der Waals surface area contributed by atoms with Crippen LogP contribution in [-0.2, 0) is 19.0 Å². The van der Waals surface area contributed by atoms with Crippen LogP contribution in [0.15, 0.2) is 11.6 Å². The minimum Gasteiger partial charge on any atom is -0.458 e. The fourth-order valence-corrected chi connectivity index (χ4v) is 10.1. The minimum atomic E-state index is -1.67. The zero-order valence-corrected chi connectivity index (χ0v) is 24.0. The number of esters is 1. The van der Waals surface area contributed by atoms with Crippen molar-refractivity contribution in [3.63, 3.8) is 0 Å². The second-order valence-electron chi connectivity index (χ2n) is 13.8. The van der Waals surface area contributed by atoms with Gasteiger partial charge in [0.05, 0.1) is 47.6 Å². The molecule has 15 atom stereocenters. The van der Waals surface area contributed by atoms with E-state index in [0.717, 1.165) is 5.57 Å². The summed E-state index contributed by atoms with van der Waals surface area (Å²) in [5.74, 6) is -1.93. The summed E-state index contributed by atoms with van der Waals surface area (Å²) >= 11 is 0. The van der Waals surface area contributed by atoms with Crippen molar-refractivity contribution in [2.24, 2.45) is 28.6 Å². The molecule has 4 aliphatic carbocycles. The number of fused-ring (bicyclic) bond motifs is 5. The minimum absolute atomic E-state index is 0. The lowest BCUT2D eigenvalue weighted by molar-refractivity contribution is -0.342. The Morgan fingerprint density at radius 2 is 1.74 bits per heavy atom. The fraction of sp³-hybridized carbons (Fsp3) is 0.897.